The van der Waals surface area contributed by atoms with E-state index in [2.05, 4.69) is 166 Å². The van der Waals surface area contributed by atoms with Gasteiger partial charge in [0.1, 0.15) is 0 Å². The van der Waals surface area contributed by atoms with E-state index in [1.54, 1.807) is 0 Å². The van der Waals surface area contributed by atoms with Crippen molar-refractivity contribution in [3.8, 4) is 44.9 Å². The van der Waals surface area contributed by atoms with Crippen LogP contribution >= 0.6 is 0 Å². The number of pyridine rings is 6. The first-order chi connectivity index (χ1) is 33.0. The van der Waals surface area contributed by atoms with Gasteiger partial charge < -0.3 is 0 Å². The molecule has 67 heavy (non-hydrogen) atoms. The monoisotopic (exact) mass is 858 g/mol. The zero-order valence-electron chi connectivity index (χ0n) is 37.0. The highest BCUT2D eigenvalue weighted by Crippen LogP contribution is 2.60. The lowest BCUT2D eigenvalue weighted by atomic mass is 9.60. The fourth-order valence-electron chi connectivity index (χ4n) is 11.1. The Labute approximate surface area is 388 Å². The minimum absolute atomic E-state index is 0.0265. The van der Waals surface area contributed by atoms with Crippen molar-refractivity contribution in [3.05, 3.63) is 234 Å². The summed E-state index contributed by atoms with van der Waals surface area (Å²) in [6.07, 6.45) is 13.1. The van der Waals surface area contributed by atoms with Crippen LogP contribution in [-0.4, -0.2) is 29.9 Å². The molecule has 2 aliphatic carbocycles. The number of nitrogens with zero attached hydrogens (tertiary/aromatic N) is 6. The molecule has 13 rings (SSSR count). The maximum absolute atomic E-state index is 5.33. The third-order valence-corrected chi connectivity index (χ3v) is 14.2. The molecule has 6 aromatic heterocycles. The maximum Gasteiger partial charge on any atom is 0.0972 e. The number of hydrogen-bond acceptors (Lipinski definition) is 6. The van der Waals surface area contributed by atoms with Gasteiger partial charge in [-0.05, 0) is 126 Å². The van der Waals surface area contributed by atoms with Gasteiger partial charge in [0.25, 0.3) is 0 Å². The fourth-order valence-corrected chi connectivity index (χ4v) is 11.1. The van der Waals surface area contributed by atoms with Crippen LogP contribution in [0, 0.1) is 12.8 Å². The normalized spacial score (nSPS) is 15.1. The molecule has 0 amide bonds. The number of aryl methyl sites for hydroxylation is 1. The molecular formula is C61H42N6. The van der Waals surface area contributed by atoms with Crippen LogP contribution in [0.5, 0.6) is 0 Å². The molecule has 0 spiro atoms. The Morgan fingerprint density at radius 1 is 0.433 bits per heavy atom. The summed E-state index contributed by atoms with van der Waals surface area (Å²) >= 11 is 0. The summed E-state index contributed by atoms with van der Waals surface area (Å²) in [6.45, 7) is 4.52. The first-order valence-electron chi connectivity index (χ1n) is 22.9. The Hall–Kier alpha value is -8.48. The van der Waals surface area contributed by atoms with Crippen molar-refractivity contribution in [2.45, 2.75) is 25.7 Å². The Bertz CT molecular complexity index is 3790. The summed E-state index contributed by atoms with van der Waals surface area (Å²) < 4.78 is 0. The van der Waals surface area contributed by atoms with Crippen LogP contribution in [0.3, 0.4) is 0 Å². The number of benzene rings is 5. The van der Waals surface area contributed by atoms with Gasteiger partial charge in [0.05, 0.1) is 50.3 Å². The summed E-state index contributed by atoms with van der Waals surface area (Å²) in [4.78, 5) is 29.9. The summed E-state index contributed by atoms with van der Waals surface area (Å²) in [5.41, 5.74) is 19.9. The van der Waals surface area contributed by atoms with Gasteiger partial charge in [-0.3, -0.25) is 19.9 Å². The minimum Gasteiger partial charge on any atom is -0.256 e. The molecule has 5 aromatic carbocycles. The number of allylic oxidation sites excluding steroid dienone is 4. The van der Waals surface area contributed by atoms with E-state index in [9.17, 15) is 0 Å². The van der Waals surface area contributed by atoms with Gasteiger partial charge in [0.15, 0.2) is 0 Å². The average Bonchev–Trinajstić information content (AvgIpc) is 3.68. The molecular weight excluding hydrogens is 817 g/mol. The predicted molar refractivity (Wildman–Crippen MR) is 272 cm³/mol. The van der Waals surface area contributed by atoms with E-state index in [0.717, 1.165) is 101 Å². The van der Waals surface area contributed by atoms with E-state index >= 15 is 0 Å². The lowest BCUT2D eigenvalue weighted by Gasteiger charge is -2.41. The van der Waals surface area contributed by atoms with Gasteiger partial charge in [-0.1, -0.05) is 121 Å². The molecule has 0 radical (unpaired) electrons. The van der Waals surface area contributed by atoms with Crippen molar-refractivity contribution in [2.24, 2.45) is 5.92 Å². The van der Waals surface area contributed by atoms with Crippen molar-refractivity contribution >= 4 is 49.2 Å². The van der Waals surface area contributed by atoms with E-state index in [1.165, 1.54) is 33.4 Å². The maximum atomic E-state index is 5.33. The van der Waals surface area contributed by atoms with Crippen LogP contribution in [0.2, 0.25) is 0 Å². The molecule has 0 bridgehead atoms. The Balaban J connectivity index is 1.03. The highest BCUT2D eigenvalue weighted by Gasteiger charge is 2.50. The summed E-state index contributed by atoms with van der Waals surface area (Å²) in [6, 6.07) is 58.7. The molecule has 1 atom stereocenters. The third kappa shape index (κ3) is 6.17. The van der Waals surface area contributed by atoms with E-state index in [1.807, 2.05) is 49.1 Å². The van der Waals surface area contributed by atoms with Gasteiger partial charge in [-0.25, -0.2) is 9.97 Å². The second kappa shape index (κ2) is 15.3. The van der Waals surface area contributed by atoms with Crippen LogP contribution in [0.25, 0.3) is 94.1 Å². The summed E-state index contributed by atoms with van der Waals surface area (Å²) in [5.74, 6) is 0.0265. The molecule has 0 saturated heterocycles. The average molecular weight is 859 g/mol. The quantitative estimate of drug-likeness (QED) is 0.155. The zero-order chi connectivity index (χ0) is 44.6. The molecule has 6 heteroatoms. The second-order valence-electron chi connectivity index (χ2n) is 18.0. The van der Waals surface area contributed by atoms with E-state index in [-0.39, 0.29) is 5.92 Å². The van der Waals surface area contributed by atoms with E-state index in [0.29, 0.717) is 0 Å². The number of hydrogen-bond donors (Lipinski definition) is 0. The summed E-state index contributed by atoms with van der Waals surface area (Å²) in [5, 5.41) is 4.32. The van der Waals surface area contributed by atoms with Crippen molar-refractivity contribution in [2.75, 3.05) is 0 Å². The first kappa shape index (κ1) is 38.9. The Morgan fingerprint density at radius 3 is 1.51 bits per heavy atom. The number of aromatic nitrogens is 6. The molecule has 11 aromatic rings. The largest absolute Gasteiger partial charge is 0.256 e. The molecule has 6 heterocycles. The lowest BCUT2D eigenvalue weighted by molar-refractivity contribution is 0.450. The number of fused-ring (bicyclic) bond motifs is 9. The van der Waals surface area contributed by atoms with Crippen LogP contribution in [0.15, 0.2) is 206 Å². The summed E-state index contributed by atoms with van der Waals surface area (Å²) in [7, 11) is 0. The van der Waals surface area contributed by atoms with Crippen molar-refractivity contribution in [3.63, 3.8) is 0 Å². The topological polar surface area (TPSA) is 77.3 Å². The van der Waals surface area contributed by atoms with Gasteiger partial charge in [-0.15, -0.1) is 0 Å². The molecule has 0 fully saturated rings. The highest BCUT2D eigenvalue weighted by molar-refractivity contribution is 6.04. The molecule has 0 aliphatic heterocycles. The minimum atomic E-state index is -0.610. The third-order valence-electron chi connectivity index (χ3n) is 14.2. The van der Waals surface area contributed by atoms with E-state index in [4.69, 9.17) is 29.9 Å². The van der Waals surface area contributed by atoms with E-state index < -0.39 is 5.41 Å². The molecule has 2 aliphatic rings. The van der Waals surface area contributed by atoms with Crippen LogP contribution in [0.1, 0.15) is 41.3 Å². The van der Waals surface area contributed by atoms with Gasteiger partial charge in [0.2, 0.25) is 0 Å². The lowest BCUT2D eigenvalue weighted by Crippen LogP contribution is -2.36. The highest BCUT2D eigenvalue weighted by atomic mass is 14.8. The fraction of sp³-hybridized carbons (Fsp3) is 0.0820. The molecule has 0 saturated carbocycles. The van der Waals surface area contributed by atoms with Crippen LogP contribution in [-0.2, 0) is 5.41 Å². The van der Waals surface area contributed by atoms with Gasteiger partial charge >= 0.3 is 0 Å². The molecule has 6 nitrogen and oxygen atoms in total. The van der Waals surface area contributed by atoms with Crippen molar-refractivity contribution in [1.29, 1.82) is 0 Å². The Morgan fingerprint density at radius 2 is 0.955 bits per heavy atom. The van der Waals surface area contributed by atoms with Crippen LogP contribution in [0.4, 0.5) is 0 Å². The van der Waals surface area contributed by atoms with Gasteiger partial charge in [-0.2, -0.15) is 0 Å². The standard InChI is InChI=1S/C61H42N6/c1-37-33-45(21-25-47(37)55-27-19-41-15-13-39-9-7-31-64-57(39)59(41)66-55)61(46-22-26-48(38(2)34-46)56-28-20-42-16-14-40-10-8-32-65-58(40)60(42)67-56)51-35-43(53-11-3-5-29-62-53)17-23-49(51)50-24-18-44(36-52(50)61)54-12-4-6-30-63-54/h3-33,35-36,46H,34H2,1-2H3. The smallest absolute Gasteiger partial charge is 0.0972 e. The first-order valence-corrected chi connectivity index (χ1v) is 22.9. The Kier molecular flexibility index (Phi) is 8.90. The van der Waals surface area contributed by atoms with Crippen LogP contribution < -0.4 is 0 Å². The molecule has 316 valence electrons. The zero-order valence-corrected chi connectivity index (χ0v) is 37.0. The predicted octanol–water partition coefficient (Wildman–Crippen LogP) is 14.3. The second-order valence-corrected chi connectivity index (χ2v) is 18.0. The molecule has 1 unspecified atom stereocenters. The SMILES string of the molecule is CC1=C(c2ccc3ccc4cccnc4c3n2)C=CC(C2(c3ccc(-c4ccc5ccc6cccnc6c5n4)c(C)c3)c3cc(-c4ccccn4)ccc3-c3ccc(-c4ccccn4)cc32)C1. The van der Waals surface area contributed by atoms with Crippen molar-refractivity contribution in [1.82, 2.24) is 29.9 Å². The number of rotatable bonds is 6. The van der Waals surface area contributed by atoms with Crippen molar-refractivity contribution < 1.29 is 0 Å². The molecule has 0 N–H and O–H groups in total. The van der Waals surface area contributed by atoms with Gasteiger partial charge in [0, 0.05) is 63.0 Å².